The van der Waals surface area contributed by atoms with E-state index < -0.39 is 0 Å². The summed E-state index contributed by atoms with van der Waals surface area (Å²) in [7, 11) is 1.85. The summed E-state index contributed by atoms with van der Waals surface area (Å²) >= 11 is 0. The van der Waals surface area contributed by atoms with E-state index in [0.717, 1.165) is 17.0 Å². The van der Waals surface area contributed by atoms with Gasteiger partial charge in [-0.1, -0.05) is 12.1 Å². The lowest BCUT2D eigenvalue weighted by molar-refractivity contribution is 0.0970. The van der Waals surface area contributed by atoms with E-state index in [4.69, 9.17) is 10.1 Å². The van der Waals surface area contributed by atoms with Gasteiger partial charge >= 0.3 is 0 Å². The van der Waals surface area contributed by atoms with Crippen LogP contribution in [-0.4, -0.2) is 21.5 Å². The van der Waals surface area contributed by atoms with Gasteiger partial charge in [-0.3, -0.25) is 10.2 Å². The summed E-state index contributed by atoms with van der Waals surface area (Å²) in [5.74, 6) is 0.716. The monoisotopic (exact) mass is 363 g/mol. The van der Waals surface area contributed by atoms with E-state index in [0.29, 0.717) is 17.8 Å². The van der Waals surface area contributed by atoms with Crippen molar-refractivity contribution < 1.29 is 9.53 Å². The number of hydrogen-bond donors (Lipinski definition) is 1. The van der Waals surface area contributed by atoms with Gasteiger partial charge in [0.05, 0.1) is 18.8 Å². The summed E-state index contributed by atoms with van der Waals surface area (Å²) in [5, 5.41) is 8.36. The molecule has 5 nitrogen and oxygen atoms in total. The van der Waals surface area contributed by atoms with E-state index in [1.165, 1.54) is 11.1 Å². The highest BCUT2D eigenvalue weighted by atomic mass is 16.5. The maximum Gasteiger partial charge on any atom is 0.202 e. The van der Waals surface area contributed by atoms with Crippen LogP contribution in [0.1, 0.15) is 28.4 Å². The van der Waals surface area contributed by atoms with Crippen molar-refractivity contribution in [3.8, 4) is 17.0 Å². The number of Topliss-reactive ketones (excluding diaryl/α,β-unsaturated/α-hetero) is 1. The Labute approximate surface area is 159 Å². The van der Waals surface area contributed by atoms with Crippen molar-refractivity contribution in [2.24, 2.45) is 7.05 Å². The highest BCUT2D eigenvalue weighted by Gasteiger charge is 2.13. The highest BCUT2D eigenvalue weighted by Crippen LogP contribution is 2.21. The maximum atomic E-state index is 12.6. The minimum absolute atomic E-state index is 0.0335. The fourth-order valence-corrected chi connectivity index (χ4v) is 3.04. The Balaban J connectivity index is 1.86. The minimum atomic E-state index is -0.0335. The van der Waals surface area contributed by atoms with Gasteiger partial charge in [0.1, 0.15) is 5.75 Å². The maximum absolute atomic E-state index is 12.6. The molecule has 0 unspecified atom stereocenters. The second-order valence-electron chi connectivity index (χ2n) is 6.70. The Morgan fingerprint density at radius 3 is 2.41 bits per heavy atom. The minimum Gasteiger partial charge on any atom is -0.494 e. The van der Waals surface area contributed by atoms with Crippen LogP contribution in [0.25, 0.3) is 11.3 Å². The van der Waals surface area contributed by atoms with Crippen LogP contribution in [0.5, 0.6) is 5.75 Å². The van der Waals surface area contributed by atoms with Crippen LogP contribution < -0.4 is 10.4 Å². The summed E-state index contributed by atoms with van der Waals surface area (Å²) in [6, 6.07) is 13.4. The van der Waals surface area contributed by atoms with E-state index in [-0.39, 0.29) is 12.3 Å². The molecule has 27 heavy (non-hydrogen) atoms. The average Bonchev–Trinajstić information content (AvgIpc) is 2.93. The van der Waals surface area contributed by atoms with E-state index >= 15 is 0 Å². The summed E-state index contributed by atoms with van der Waals surface area (Å²) < 4.78 is 8.90. The molecule has 0 radical (unpaired) electrons. The van der Waals surface area contributed by atoms with Crippen molar-refractivity contribution >= 4 is 5.78 Å². The molecular formula is C22H25N3O2. The molecule has 3 rings (SSSR count). The quantitative estimate of drug-likeness (QED) is 0.676. The van der Waals surface area contributed by atoms with Gasteiger partial charge in [-0.05, 0) is 67.8 Å². The standard InChI is InChI=1S/C22H25N3O2/c1-5-27-19-10-8-17(9-11-19)21(26)14-25-13-20(24(4)22(25)23)18-7-6-15(2)16(3)12-18/h6-13,23H,5,14H2,1-4H3. The predicted molar refractivity (Wildman–Crippen MR) is 106 cm³/mol. The van der Waals surface area contributed by atoms with E-state index in [1.54, 1.807) is 33.4 Å². The molecule has 0 atom stereocenters. The fourth-order valence-electron chi connectivity index (χ4n) is 3.04. The third-order valence-corrected chi connectivity index (χ3v) is 4.83. The first-order valence-corrected chi connectivity index (χ1v) is 9.05. The second kappa shape index (κ2) is 7.66. The number of nitrogens with one attached hydrogen (secondary N) is 1. The lowest BCUT2D eigenvalue weighted by Crippen LogP contribution is -2.25. The number of carbonyl (C=O) groups is 1. The van der Waals surface area contributed by atoms with Crippen LogP contribution in [0.15, 0.2) is 48.7 Å². The molecule has 0 saturated carbocycles. The number of ketones is 1. The van der Waals surface area contributed by atoms with Crippen molar-refractivity contribution in [1.82, 2.24) is 9.13 Å². The lowest BCUT2D eigenvalue weighted by Gasteiger charge is -2.05. The zero-order valence-corrected chi connectivity index (χ0v) is 16.2. The van der Waals surface area contributed by atoms with Crippen LogP contribution in [-0.2, 0) is 13.6 Å². The largest absolute Gasteiger partial charge is 0.494 e. The Morgan fingerprint density at radius 2 is 1.78 bits per heavy atom. The normalized spacial score (nSPS) is 10.8. The van der Waals surface area contributed by atoms with Gasteiger partial charge < -0.3 is 13.9 Å². The number of rotatable bonds is 6. The van der Waals surface area contributed by atoms with Crippen LogP contribution in [0.3, 0.4) is 0 Å². The Bertz CT molecular complexity index is 1030. The van der Waals surface area contributed by atoms with Gasteiger partial charge in [-0.2, -0.15) is 0 Å². The van der Waals surface area contributed by atoms with Gasteiger partial charge in [-0.15, -0.1) is 0 Å². The van der Waals surface area contributed by atoms with Crippen LogP contribution in [0.4, 0.5) is 0 Å². The van der Waals surface area contributed by atoms with Gasteiger partial charge in [0.2, 0.25) is 5.62 Å². The molecule has 0 bridgehead atoms. The molecule has 0 aliphatic rings. The third kappa shape index (κ3) is 3.87. The number of aryl methyl sites for hydroxylation is 2. The molecule has 1 N–H and O–H groups in total. The zero-order valence-electron chi connectivity index (χ0n) is 16.2. The zero-order chi connectivity index (χ0) is 19.6. The predicted octanol–water partition coefficient (Wildman–Crippen LogP) is 3.87. The summed E-state index contributed by atoms with van der Waals surface area (Å²) in [6.07, 6.45) is 1.87. The van der Waals surface area contributed by atoms with E-state index in [2.05, 4.69) is 32.0 Å². The molecule has 0 spiro atoms. The van der Waals surface area contributed by atoms with Crippen molar-refractivity contribution in [2.45, 2.75) is 27.3 Å². The molecule has 0 aliphatic heterocycles. The number of imidazole rings is 1. The molecule has 0 amide bonds. The topological polar surface area (TPSA) is 60.0 Å². The smallest absolute Gasteiger partial charge is 0.202 e. The molecule has 140 valence electrons. The van der Waals surface area contributed by atoms with Gasteiger partial charge in [-0.25, -0.2) is 0 Å². The van der Waals surface area contributed by atoms with E-state index in [9.17, 15) is 4.79 Å². The Morgan fingerprint density at radius 1 is 1.07 bits per heavy atom. The lowest BCUT2D eigenvalue weighted by atomic mass is 10.0. The first kappa shape index (κ1) is 18.7. The first-order valence-electron chi connectivity index (χ1n) is 9.05. The van der Waals surface area contributed by atoms with Crippen molar-refractivity contribution in [2.75, 3.05) is 6.61 Å². The molecule has 0 saturated heterocycles. The molecule has 1 heterocycles. The molecule has 0 aliphatic carbocycles. The number of aromatic nitrogens is 2. The molecule has 3 aromatic rings. The Kier molecular flexibility index (Phi) is 5.31. The molecule has 2 aromatic carbocycles. The van der Waals surface area contributed by atoms with Crippen molar-refractivity contribution in [3.63, 3.8) is 0 Å². The number of benzene rings is 2. The fraction of sp³-hybridized carbons (Fsp3) is 0.273. The summed E-state index contributed by atoms with van der Waals surface area (Å²) in [6.45, 7) is 6.80. The van der Waals surface area contributed by atoms with Crippen LogP contribution >= 0.6 is 0 Å². The molecule has 0 fully saturated rings. The van der Waals surface area contributed by atoms with E-state index in [1.807, 2.05) is 20.2 Å². The number of hydrogen-bond acceptors (Lipinski definition) is 3. The van der Waals surface area contributed by atoms with Gasteiger partial charge in [0, 0.05) is 18.8 Å². The molecule has 5 heteroatoms. The third-order valence-electron chi connectivity index (χ3n) is 4.83. The van der Waals surface area contributed by atoms with Crippen molar-refractivity contribution in [3.05, 3.63) is 71.0 Å². The van der Waals surface area contributed by atoms with Crippen LogP contribution in [0, 0.1) is 19.3 Å². The number of carbonyl (C=O) groups excluding carboxylic acids is 1. The van der Waals surface area contributed by atoms with Crippen molar-refractivity contribution in [1.29, 1.82) is 5.41 Å². The highest BCUT2D eigenvalue weighted by molar-refractivity contribution is 5.96. The average molecular weight is 363 g/mol. The molecular weight excluding hydrogens is 338 g/mol. The SMILES string of the molecule is CCOc1ccc(C(=O)Cn2cc(-c3ccc(C)c(C)c3)n(C)c2=N)cc1. The van der Waals surface area contributed by atoms with Crippen LogP contribution in [0.2, 0.25) is 0 Å². The summed E-state index contributed by atoms with van der Waals surface area (Å²) in [5.41, 5.74) is 5.31. The summed E-state index contributed by atoms with van der Waals surface area (Å²) in [4.78, 5) is 12.6. The second-order valence-corrected chi connectivity index (χ2v) is 6.70. The number of nitrogens with zero attached hydrogens (tertiary/aromatic N) is 2. The van der Waals surface area contributed by atoms with Gasteiger partial charge in [0.25, 0.3) is 0 Å². The van der Waals surface area contributed by atoms with Gasteiger partial charge in [0.15, 0.2) is 5.78 Å². The first-order chi connectivity index (χ1) is 12.9. The number of ether oxygens (including phenoxy) is 1. The molecule has 1 aromatic heterocycles. The Hall–Kier alpha value is -3.08.